The van der Waals surface area contributed by atoms with Crippen molar-refractivity contribution in [1.29, 1.82) is 0 Å². The highest BCUT2D eigenvalue weighted by molar-refractivity contribution is 6.30. The predicted molar refractivity (Wildman–Crippen MR) is 79.9 cm³/mol. The summed E-state index contributed by atoms with van der Waals surface area (Å²) < 4.78 is 0. The van der Waals surface area contributed by atoms with Crippen LogP contribution >= 0.6 is 11.6 Å². The van der Waals surface area contributed by atoms with E-state index in [9.17, 15) is 0 Å². The van der Waals surface area contributed by atoms with Gasteiger partial charge in [-0.05, 0) is 38.8 Å². The fourth-order valence-electron chi connectivity index (χ4n) is 2.63. The lowest BCUT2D eigenvalue weighted by molar-refractivity contribution is 0.327. The van der Waals surface area contributed by atoms with Gasteiger partial charge in [0.25, 0.3) is 0 Å². The first-order valence-corrected chi connectivity index (χ1v) is 7.45. The van der Waals surface area contributed by atoms with Crippen LogP contribution in [0.2, 0.25) is 5.15 Å². The second-order valence-electron chi connectivity index (χ2n) is 5.63. The molecule has 0 saturated carbocycles. The van der Waals surface area contributed by atoms with Crippen LogP contribution in [0.25, 0.3) is 0 Å². The Morgan fingerprint density at radius 3 is 2.58 bits per heavy atom. The highest BCUT2D eigenvalue weighted by Crippen LogP contribution is 2.28. The molecular weight excluding hydrogens is 260 g/mol. The van der Waals surface area contributed by atoms with Crippen LogP contribution in [0.5, 0.6) is 0 Å². The summed E-state index contributed by atoms with van der Waals surface area (Å²) in [6, 6.07) is 0.363. The van der Waals surface area contributed by atoms with Crippen molar-refractivity contribution in [2.24, 2.45) is 0 Å². The van der Waals surface area contributed by atoms with Crippen LogP contribution in [0.1, 0.15) is 45.1 Å². The van der Waals surface area contributed by atoms with E-state index in [1.807, 2.05) is 0 Å². The van der Waals surface area contributed by atoms with Crippen molar-refractivity contribution in [2.75, 3.05) is 25.0 Å². The topological polar surface area (TPSA) is 41.0 Å². The number of anilines is 1. The van der Waals surface area contributed by atoms with Crippen molar-refractivity contribution in [3.63, 3.8) is 0 Å². The number of likely N-dealkylation sites (tertiary alicyclic amines) is 1. The first-order valence-electron chi connectivity index (χ1n) is 7.07. The summed E-state index contributed by atoms with van der Waals surface area (Å²) in [7, 11) is 0. The molecule has 1 N–H and O–H groups in total. The molecule has 1 aromatic heterocycles. The Balaban J connectivity index is 2.03. The van der Waals surface area contributed by atoms with Crippen molar-refractivity contribution in [1.82, 2.24) is 14.9 Å². The van der Waals surface area contributed by atoms with E-state index in [0.717, 1.165) is 17.9 Å². The van der Waals surface area contributed by atoms with Crippen LogP contribution < -0.4 is 5.32 Å². The molecule has 1 aromatic rings. The third kappa shape index (κ3) is 3.80. The molecule has 1 atom stereocenters. The van der Waals surface area contributed by atoms with Gasteiger partial charge in [0.2, 0.25) is 0 Å². The molecular formula is C14H23ClN4. The number of hydrogen-bond acceptors (Lipinski definition) is 4. The Bertz CT molecular complexity index is 416. The van der Waals surface area contributed by atoms with E-state index in [2.05, 4.69) is 41.0 Å². The van der Waals surface area contributed by atoms with Crippen LogP contribution in [-0.2, 0) is 0 Å². The monoisotopic (exact) mass is 282 g/mol. The van der Waals surface area contributed by atoms with E-state index in [1.54, 1.807) is 0 Å². The summed E-state index contributed by atoms with van der Waals surface area (Å²) in [6.45, 7) is 9.90. The summed E-state index contributed by atoms with van der Waals surface area (Å²) >= 11 is 6.18. The van der Waals surface area contributed by atoms with E-state index in [0.29, 0.717) is 17.1 Å². The van der Waals surface area contributed by atoms with Gasteiger partial charge in [0.1, 0.15) is 17.3 Å². The Kier molecular flexibility index (Phi) is 4.99. The molecule has 1 saturated heterocycles. The minimum atomic E-state index is 0.315. The standard InChI is InChI=1S/C14H23ClN4/c1-10(2)12-13(15)16-9-17-14(12)18-11(3)8-19-6-4-5-7-19/h9-11H,4-8H2,1-3H3,(H,16,17,18). The second kappa shape index (κ2) is 6.53. The predicted octanol–water partition coefficient (Wildman–Crippen LogP) is 3.15. The Hall–Kier alpha value is -0.870. The maximum atomic E-state index is 6.18. The van der Waals surface area contributed by atoms with Gasteiger partial charge < -0.3 is 10.2 Å². The van der Waals surface area contributed by atoms with Gasteiger partial charge in [0.05, 0.1) is 0 Å². The van der Waals surface area contributed by atoms with E-state index in [-0.39, 0.29) is 0 Å². The fraction of sp³-hybridized carbons (Fsp3) is 0.714. The molecule has 2 heterocycles. The van der Waals surface area contributed by atoms with Crippen molar-refractivity contribution < 1.29 is 0 Å². The van der Waals surface area contributed by atoms with Crippen molar-refractivity contribution >= 4 is 17.4 Å². The number of halogens is 1. The first-order chi connectivity index (χ1) is 9.08. The third-order valence-corrected chi connectivity index (χ3v) is 3.83. The molecule has 2 rings (SSSR count). The third-order valence-electron chi connectivity index (χ3n) is 3.53. The van der Waals surface area contributed by atoms with Crippen molar-refractivity contribution in [2.45, 2.75) is 45.6 Å². The van der Waals surface area contributed by atoms with Gasteiger partial charge in [-0.25, -0.2) is 9.97 Å². The van der Waals surface area contributed by atoms with Crippen LogP contribution in [0.3, 0.4) is 0 Å². The fourth-order valence-corrected chi connectivity index (χ4v) is 2.98. The molecule has 0 bridgehead atoms. The Morgan fingerprint density at radius 1 is 1.26 bits per heavy atom. The highest BCUT2D eigenvalue weighted by atomic mass is 35.5. The minimum absolute atomic E-state index is 0.315. The molecule has 1 unspecified atom stereocenters. The SMILES string of the molecule is CC(CN1CCCC1)Nc1ncnc(Cl)c1C(C)C. The van der Waals surface area contributed by atoms with Crippen molar-refractivity contribution in [3.05, 3.63) is 17.0 Å². The molecule has 0 aliphatic carbocycles. The van der Waals surface area contributed by atoms with Crippen LogP contribution in [0, 0.1) is 0 Å². The zero-order valence-electron chi connectivity index (χ0n) is 12.0. The average Bonchev–Trinajstić information content (AvgIpc) is 2.81. The molecule has 106 valence electrons. The first kappa shape index (κ1) is 14.5. The maximum absolute atomic E-state index is 6.18. The molecule has 0 aromatic carbocycles. The van der Waals surface area contributed by atoms with E-state index < -0.39 is 0 Å². The van der Waals surface area contributed by atoms with Gasteiger partial charge in [-0.3, -0.25) is 0 Å². The summed E-state index contributed by atoms with van der Waals surface area (Å²) in [5, 5.41) is 4.04. The second-order valence-corrected chi connectivity index (χ2v) is 5.99. The maximum Gasteiger partial charge on any atom is 0.138 e. The highest BCUT2D eigenvalue weighted by Gasteiger charge is 2.18. The quantitative estimate of drug-likeness (QED) is 0.843. The molecule has 0 amide bonds. The van der Waals surface area contributed by atoms with E-state index >= 15 is 0 Å². The molecule has 19 heavy (non-hydrogen) atoms. The summed E-state index contributed by atoms with van der Waals surface area (Å²) in [5.74, 6) is 1.19. The zero-order chi connectivity index (χ0) is 13.8. The molecule has 4 nitrogen and oxygen atoms in total. The number of nitrogens with zero attached hydrogens (tertiary/aromatic N) is 3. The van der Waals surface area contributed by atoms with Gasteiger partial charge in [0, 0.05) is 18.2 Å². The molecule has 1 aliphatic rings. The zero-order valence-corrected chi connectivity index (χ0v) is 12.7. The van der Waals surface area contributed by atoms with Crippen LogP contribution in [0.4, 0.5) is 5.82 Å². The minimum Gasteiger partial charge on any atom is -0.366 e. The van der Waals surface area contributed by atoms with E-state index in [4.69, 9.17) is 11.6 Å². The summed E-state index contributed by atoms with van der Waals surface area (Å²) in [4.78, 5) is 10.9. The van der Waals surface area contributed by atoms with Gasteiger partial charge in [-0.2, -0.15) is 0 Å². The van der Waals surface area contributed by atoms with Gasteiger partial charge >= 0.3 is 0 Å². The molecule has 0 spiro atoms. The Labute approximate surface area is 120 Å². The number of hydrogen-bond donors (Lipinski definition) is 1. The summed E-state index contributed by atoms with van der Waals surface area (Å²) in [6.07, 6.45) is 4.17. The number of rotatable bonds is 5. The lowest BCUT2D eigenvalue weighted by Gasteiger charge is -2.23. The Morgan fingerprint density at radius 2 is 1.95 bits per heavy atom. The summed E-state index contributed by atoms with van der Waals surface area (Å²) in [5.41, 5.74) is 1.01. The van der Waals surface area contributed by atoms with E-state index in [1.165, 1.54) is 32.3 Å². The molecule has 1 fully saturated rings. The number of aromatic nitrogens is 2. The van der Waals surface area contributed by atoms with Gasteiger partial charge in [0.15, 0.2) is 0 Å². The van der Waals surface area contributed by atoms with Gasteiger partial charge in [-0.1, -0.05) is 25.4 Å². The van der Waals surface area contributed by atoms with Crippen molar-refractivity contribution in [3.8, 4) is 0 Å². The average molecular weight is 283 g/mol. The van der Waals surface area contributed by atoms with Crippen LogP contribution in [0.15, 0.2) is 6.33 Å². The number of nitrogens with one attached hydrogen (secondary N) is 1. The molecule has 1 aliphatic heterocycles. The largest absolute Gasteiger partial charge is 0.366 e. The smallest absolute Gasteiger partial charge is 0.138 e. The molecule has 0 radical (unpaired) electrons. The normalized spacial score (nSPS) is 17.9. The lowest BCUT2D eigenvalue weighted by atomic mass is 10.1. The van der Waals surface area contributed by atoms with Crippen LogP contribution in [-0.4, -0.2) is 40.5 Å². The van der Waals surface area contributed by atoms with Gasteiger partial charge in [-0.15, -0.1) is 0 Å². The lowest BCUT2D eigenvalue weighted by Crippen LogP contribution is -2.33. The molecule has 5 heteroatoms.